The third kappa shape index (κ3) is 4.54. The number of benzene rings is 2. The quantitative estimate of drug-likeness (QED) is 0.739. The Morgan fingerprint density at radius 1 is 0.731 bits per heavy atom. The van der Waals surface area contributed by atoms with E-state index >= 15 is 0 Å². The van der Waals surface area contributed by atoms with Crippen molar-refractivity contribution in [2.24, 2.45) is 11.8 Å². The van der Waals surface area contributed by atoms with Crippen molar-refractivity contribution in [3.05, 3.63) is 41.5 Å². The summed E-state index contributed by atoms with van der Waals surface area (Å²) in [6.45, 7) is 4.37. The zero-order chi connectivity index (χ0) is 19.3. The second-order valence-electron chi connectivity index (χ2n) is 6.72. The first kappa shape index (κ1) is 19.8. The normalized spacial score (nSPS) is 13.1. The van der Waals surface area contributed by atoms with Gasteiger partial charge in [-0.15, -0.1) is 0 Å². The van der Waals surface area contributed by atoms with Gasteiger partial charge in [-0.25, -0.2) is 0 Å². The summed E-state index contributed by atoms with van der Waals surface area (Å²) in [5, 5.41) is 20.1. The number of rotatable bonds is 8. The van der Waals surface area contributed by atoms with Crippen molar-refractivity contribution >= 4 is 0 Å². The van der Waals surface area contributed by atoms with Crippen molar-refractivity contribution in [3.63, 3.8) is 0 Å². The number of aromatic hydroxyl groups is 2. The van der Waals surface area contributed by atoms with E-state index in [-0.39, 0.29) is 11.5 Å². The van der Waals surface area contributed by atoms with Crippen molar-refractivity contribution in [3.8, 4) is 28.7 Å². The number of hydrogen-bond donors (Lipinski definition) is 2. The van der Waals surface area contributed by atoms with Gasteiger partial charge in [0.25, 0.3) is 0 Å². The van der Waals surface area contributed by atoms with Gasteiger partial charge in [0.05, 0.1) is 21.3 Å². The molecule has 26 heavy (non-hydrogen) atoms. The molecule has 0 amide bonds. The molecule has 0 saturated carbocycles. The Kier molecular flexibility index (Phi) is 6.61. The molecule has 2 rings (SSSR count). The Morgan fingerprint density at radius 2 is 1.31 bits per heavy atom. The number of hydrogen-bond acceptors (Lipinski definition) is 5. The first-order chi connectivity index (χ1) is 12.4. The van der Waals surface area contributed by atoms with Crippen LogP contribution in [0, 0.1) is 11.8 Å². The Hall–Kier alpha value is -2.56. The molecule has 5 heteroatoms. The average molecular weight is 360 g/mol. The molecule has 0 saturated heterocycles. The lowest BCUT2D eigenvalue weighted by molar-refractivity contribution is 0.331. The molecule has 0 aromatic heterocycles. The van der Waals surface area contributed by atoms with Crippen LogP contribution >= 0.6 is 0 Å². The van der Waals surface area contributed by atoms with Gasteiger partial charge in [0.2, 0.25) is 5.75 Å². The van der Waals surface area contributed by atoms with Crippen LogP contribution in [0.2, 0.25) is 0 Å². The maximum atomic E-state index is 10.1. The second-order valence-corrected chi connectivity index (χ2v) is 6.72. The van der Waals surface area contributed by atoms with E-state index in [0.29, 0.717) is 29.1 Å². The molecule has 0 radical (unpaired) electrons. The lowest BCUT2D eigenvalue weighted by Crippen LogP contribution is -2.14. The zero-order valence-electron chi connectivity index (χ0n) is 16.1. The van der Waals surface area contributed by atoms with E-state index in [1.165, 1.54) is 14.2 Å². The summed E-state index contributed by atoms with van der Waals surface area (Å²) in [6.07, 6.45) is 1.65. The molecule has 142 valence electrons. The van der Waals surface area contributed by atoms with E-state index in [0.717, 1.165) is 24.0 Å². The van der Waals surface area contributed by atoms with Gasteiger partial charge in [0, 0.05) is 0 Å². The van der Waals surface area contributed by atoms with Gasteiger partial charge < -0.3 is 24.4 Å². The molecule has 2 aromatic carbocycles. The van der Waals surface area contributed by atoms with Crippen LogP contribution < -0.4 is 14.2 Å². The summed E-state index contributed by atoms with van der Waals surface area (Å²) in [6, 6.07) is 9.15. The molecule has 0 spiro atoms. The van der Waals surface area contributed by atoms with Crippen LogP contribution in [0.25, 0.3) is 0 Å². The highest BCUT2D eigenvalue weighted by Crippen LogP contribution is 2.38. The molecule has 0 fully saturated rings. The summed E-state index contributed by atoms with van der Waals surface area (Å²) in [5.41, 5.74) is 2.06. The minimum atomic E-state index is 0.0850. The largest absolute Gasteiger partial charge is 0.504 e. The second kappa shape index (κ2) is 8.70. The predicted octanol–water partition coefficient (Wildman–Crippen LogP) is 4.18. The highest BCUT2D eigenvalue weighted by atomic mass is 16.5. The lowest BCUT2D eigenvalue weighted by Gasteiger charge is -2.21. The minimum Gasteiger partial charge on any atom is -0.504 e. The number of phenols is 2. The fourth-order valence-electron chi connectivity index (χ4n) is 3.13. The molecule has 2 N–H and O–H groups in total. The Bertz CT molecular complexity index is 741. The molecule has 0 aliphatic heterocycles. The van der Waals surface area contributed by atoms with Gasteiger partial charge in [0.1, 0.15) is 0 Å². The average Bonchev–Trinajstić information content (AvgIpc) is 2.61. The molecule has 0 bridgehead atoms. The monoisotopic (exact) mass is 360 g/mol. The molecular formula is C21H28O5. The molecule has 0 aliphatic carbocycles. The van der Waals surface area contributed by atoms with Crippen molar-refractivity contribution < 1.29 is 24.4 Å². The summed E-state index contributed by atoms with van der Waals surface area (Å²) in [4.78, 5) is 0. The number of phenolic OH excluding ortho intramolecular Hbond substituents is 2. The van der Waals surface area contributed by atoms with Gasteiger partial charge in [-0.2, -0.15) is 0 Å². The topological polar surface area (TPSA) is 68.2 Å². The van der Waals surface area contributed by atoms with Gasteiger partial charge in [-0.1, -0.05) is 19.9 Å². The molecule has 2 unspecified atom stereocenters. The SMILES string of the molecule is COc1ccc(CC(C)C(C)Cc2cc(O)c(OC)c(OC)c2)cc1O. The zero-order valence-corrected chi connectivity index (χ0v) is 16.1. The van der Waals surface area contributed by atoms with E-state index < -0.39 is 0 Å². The Morgan fingerprint density at radius 3 is 1.85 bits per heavy atom. The van der Waals surface area contributed by atoms with E-state index in [1.54, 1.807) is 25.3 Å². The number of methoxy groups -OCH3 is 3. The van der Waals surface area contributed by atoms with E-state index in [2.05, 4.69) is 13.8 Å². The summed E-state index contributed by atoms with van der Waals surface area (Å²) >= 11 is 0. The van der Waals surface area contributed by atoms with Gasteiger partial charge in [0.15, 0.2) is 23.0 Å². The van der Waals surface area contributed by atoms with Crippen molar-refractivity contribution in [1.82, 2.24) is 0 Å². The van der Waals surface area contributed by atoms with Crippen molar-refractivity contribution in [2.75, 3.05) is 21.3 Å². The molecule has 2 atom stereocenters. The lowest BCUT2D eigenvalue weighted by atomic mass is 9.85. The molecule has 0 heterocycles. The van der Waals surface area contributed by atoms with Crippen LogP contribution in [0.15, 0.2) is 30.3 Å². The first-order valence-electron chi connectivity index (χ1n) is 8.69. The maximum Gasteiger partial charge on any atom is 0.203 e. The van der Waals surface area contributed by atoms with Crippen LogP contribution in [-0.2, 0) is 12.8 Å². The van der Waals surface area contributed by atoms with Gasteiger partial charge in [-0.05, 0) is 60.1 Å². The van der Waals surface area contributed by atoms with Crippen LogP contribution in [0.3, 0.4) is 0 Å². The summed E-state index contributed by atoms with van der Waals surface area (Å²) in [7, 11) is 4.60. The molecule has 5 nitrogen and oxygen atoms in total. The first-order valence-corrected chi connectivity index (χ1v) is 8.69. The smallest absolute Gasteiger partial charge is 0.203 e. The van der Waals surface area contributed by atoms with Crippen LogP contribution in [-0.4, -0.2) is 31.5 Å². The Labute approximate surface area is 155 Å². The van der Waals surface area contributed by atoms with Gasteiger partial charge in [-0.3, -0.25) is 0 Å². The molecule has 0 aliphatic rings. The Balaban J connectivity index is 2.08. The van der Waals surface area contributed by atoms with Crippen LogP contribution in [0.1, 0.15) is 25.0 Å². The van der Waals surface area contributed by atoms with Crippen LogP contribution in [0.5, 0.6) is 28.7 Å². The maximum absolute atomic E-state index is 10.1. The molecule has 2 aromatic rings. The van der Waals surface area contributed by atoms with E-state index in [9.17, 15) is 10.2 Å². The third-order valence-electron chi connectivity index (χ3n) is 4.85. The molecular weight excluding hydrogens is 332 g/mol. The van der Waals surface area contributed by atoms with Crippen LogP contribution in [0.4, 0.5) is 0 Å². The van der Waals surface area contributed by atoms with Crippen molar-refractivity contribution in [1.29, 1.82) is 0 Å². The minimum absolute atomic E-state index is 0.0850. The number of ether oxygens (including phenoxy) is 3. The van der Waals surface area contributed by atoms with E-state index in [1.807, 2.05) is 12.1 Å². The third-order valence-corrected chi connectivity index (χ3v) is 4.85. The highest BCUT2D eigenvalue weighted by molar-refractivity contribution is 5.53. The van der Waals surface area contributed by atoms with E-state index in [4.69, 9.17) is 14.2 Å². The fourth-order valence-corrected chi connectivity index (χ4v) is 3.13. The summed E-state index contributed by atoms with van der Waals surface area (Å²) in [5.74, 6) is 2.37. The standard InChI is InChI=1S/C21H28O5/c1-13(8-15-6-7-19(24-3)17(22)10-15)14(2)9-16-11-18(23)21(26-5)20(12-16)25-4/h6-7,10-14,22-23H,8-9H2,1-5H3. The summed E-state index contributed by atoms with van der Waals surface area (Å²) < 4.78 is 15.6. The van der Waals surface area contributed by atoms with Gasteiger partial charge >= 0.3 is 0 Å². The predicted molar refractivity (Wildman–Crippen MR) is 102 cm³/mol. The van der Waals surface area contributed by atoms with Crippen molar-refractivity contribution in [2.45, 2.75) is 26.7 Å². The fraction of sp³-hybridized carbons (Fsp3) is 0.429. The highest BCUT2D eigenvalue weighted by Gasteiger charge is 2.18.